The predicted molar refractivity (Wildman–Crippen MR) is 169 cm³/mol. The summed E-state index contributed by atoms with van der Waals surface area (Å²) in [5.74, 6) is -0.103. The molecule has 234 valence electrons. The lowest BCUT2D eigenvalue weighted by atomic mass is 9.95. The zero-order valence-corrected chi connectivity index (χ0v) is 27.6. The highest BCUT2D eigenvalue weighted by Gasteiger charge is 2.43. The van der Waals surface area contributed by atoms with E-state index in [1.54, 1.807) is 17.4 Å². The van der Waals surface area contributed by atoms with E-state index in [1.807, 2.05) is 54.8 Å². The summed E-state index contributed by atoms with van der Waals surface area (Å²) < 4.78 is 14.7. The maximum atomic E-state index is 14.4. The number of aryl methyl sites for hydroxylation is 2. The van der Waals surface area contributed by atoms with Crippen LogP contribution in [-0.2, 0) is 33.7 Å². The van der Waals surface area contributed by atoms with Crippen LogP contribution in [0.2, 0.25) is 5.02 Å². The number of rotatable bonds is 4. The summed E-state index contributed by atoms with van der Waals surface area (Å²) in [6, 6.07) is 7.26. The van der Waals surface area contributed by atoms with E-state index in [9.17, 15) is 9.59 Å². The van der Waals surface area contributed by atoms with E-state index in [0.717, 1.165) is 34.1 Å². The van der Waals surface area contributed by atoms with Crippen molar-refractivity contribution in [2.75, 3.05) is 39.3 Å². The summed E-state index contributed by atoms with van der Waals surface area (Å²) in [4.78, 5) is 42.7. The number of carbonyl (C=O) groups excluding carboxylic acids is 2. The van der Waals surface area contributed by atoms with E-state index in [2.05, 4.69) is 37.9 Å². The number of hydrogen-bond donors (Lipinski definition) is 0. The first-order chi connectivity index (χ1) is 21.1. The number of nitrogens with zero attached hydrogens (tertiary/aromatic N) is 6. The Labute approximate surface area is 271 Å². The first-order valence-corrected chi connectivity index (χ1v) is 16.3. The van der Waals surface area contributed by atoms with Crippen molar-refractivity contribution in [1.82, 2.24) is 29.2 Å². The average molecular weight is 686 g/mol. The van der Waals surface area contributed by atoms with Crippen LogP contribution in [0.3, 0.4) is 0 Å². The molecule has 6 rings (SSSR count). The molecule has 2 amide bonds. The molecule has 12 heteroatoms. The summed E-state index contributed by atoms with van der Waals surface area (Å²) in [5, 5.41) is 0.697. The van der Waals surface area contributed by atoms with E-state index in [4.69, 9.17) is 26.1 Å². The monoisotopic (exact) mass is 684 g/mol. The fourth-order valence-electron chi connectivity index (χ4n) is 6.44. The van der Waals surface area contributed by atoms with E-state index < -0.39 is 17.7 Å². The van der Waals surface area contributed by atoms with Crippen LogP contribution >= 0.6 is 27.5 Å². The van der Waals surface area contributed by atoms with Crippen molar-refractivity contribution >= 4 is 39.5 Å². The maximum absolute atomic E-state index is 14.4. The smallest absolute Gasteiger partial charge is 0.411 e. The average Bonchev–Trinajstić information content (AvgIpc) is 3.44. The number of benzene rings is 1. The molecule has 0 bridgehead atoms. The lowest BCUT2D eigenvalue weighted by molar-refractivity contribution is -0.147. The Hall–Kier alpha value is -2.99. The molecule has 3 atom stereocenters. The van der Waals surface area contributed by atoms with E-state index in [1.165, 1.54) is 5.56 Å². The lowest BCUT2D eigenvalue weighted by Crippen LogP contribution is -2.63. The molecular formula is C32H38BrClN6O4. The number of imidazole rings is 1. The topological polar surface area (TPSA) is 93.0 Å². The third-order valence-corrected chi connectivity index (χ3v) is 9.07. The van der Waals surface area contributed by atoms with E-state index in [0.29, 0.717) is 50.9 Å². The number of aromatic nitrogens is 3. The Morgan fingerprint density at radius 2 is 1.93 bits per heavy atom. The number of amides is 2. The molecule has 1 aromatic carbocycles. The Morgan fingerprint density at radius 3 is 2.70 bits per heavy atom. The van der Waals surface area contributed by atoms with Crippen molar-refractivity contribution in [1.29, 1.82) is 0 Å². The second-order valence-electron chi connectivity index (χ2n) is 12.7. The third-order valence-electron chi connectivity index (χ3n) is 8.40. The number of halogens is 2. The number of morpholine rings is 1. The van der Waals surface area contributed by atoms with Gasteiger partial charge in [-0.05, 0) is 84.4 Å². The van der Waals surface area contributed by atoms with Crippen LogP contribution in [0, 0.1) is 0 Å². The minimum atomic E-state index is -0.733. The van der Waals surface area contributed by atoms with Crippen molar-refractivity contribution in [2.24, 2.45) is 0 Å². The molecule has 0 radical (unpaired) electrons. The lowest BCUT2D eigenvalue weighted by Gasteiger charge is -2.46. The summed E-state index contributed by atoms with van der Waals surface area (Å²) in [6.45, 7) is 8.68. The highest BCUT2D eigenvalue weighted by molar-refractivity contribution is 9.10. The van der Waals surface area contributed by atoms with Crippen molar-refractivity contribution < 1.29 is 19.1 Å². The molecule has 4 heterocycles. The van der Waals surface area contributed by atoms with Crippen LogP contribution in [0.5, 0.6) is 0 Å². The van der Waals surface area contributed by atoms with Crippen LogP contribution < -0.4 is 0 Å². The normalized spacial score (nSPS) is 22.6. The first kappa shape index (κ1) is 31.0. The Bertz CT molecular complexity index is 1460. The summed E-state index contributed by atoms with van der Waals surface area (Å²) >= 11 is 10.1. The fourth-order valence-corrected chi connectivity index (χ4v) is 7.02. The van der Waals surface area contributed by atoms with Gasteiger partial charge in [-0.1, -0.05) is 17.7 Å². The van der Waals surface area contributed by atoms with Gasteiger partial charge in [-0.25, -0.2) is 9.78 Å². The summed E-state index contributed by atoms with van der Waals surface area (Å²) in [6.07, 6.45) is 8.21. The summed E-state index contributed by atoms with van der Waals surface area (Å²) in [5.41, 5.74) is 3.74. The van der Waals surface area contributed by atoms with Crippen molar-refractivity contribution in [3.8, 4) is 0 Å². The molecule has 0 saturated carbocycles. The number of ether oxygens (including phenoxy) is 2. The van der Waals surface area contributed by atoms with Gasteiger partial charge in [0.1, 0.15) is 11.6 Å². The van der Waals surface area contributed by atoms with Gasteiger partial charge in [-0.2, -0.15) is 0 Å². The quantitative estimate of drug-likeness (QED) is 0.392. The second-order valence-corrected chi connectivity index (χ2v) is 14.0. The first-order valence-electron chi connectivity index (χ1n) is 15.1. The second kappa shape index (κ2) is 12.8. The molecule has 0 N–H and O–H groups in total. The third kappa shape index (κ3) is 6.80. The summed E-state index contributed by atoms with van der Waals surface area (Å²) in [7, 11) is 0. The minimum absolute atomic E-state index is 0.103. The van der Waals surface area contributed by atoms with Gasteiger partial charge in [-0.15, -0.1) is 0 Å². The van der Waals surface area contributed by atoms with Crippen LogP contribution in [0.4, 0.5) is 4.79 Å². The SMILES string of the molecule is CC(C)(C)OC(=O)N1CCN(C2c3ccc(Cl)cc3CCc3cc(Br)cnc32)C[C@@H]1C(=O)N1CCO[C@H](Cn2ccnc2)C1. The largest absolute Gasteiger partial charge is 0.444 e. The van der Waals surface area contributed by atoms with Gasteiger partial charge in [0.15, 0.2) is 0 Å². The Balaban J connectivity index is 1.32. The molecule has 2 fully saturated rings. The number of hydrogen-bond acceptors (Lipinski definition) is 7. The van der Waals surface area contributed by atoms with Crippen LogP contribution in [0.1, 0.15) is 49.2 Å². The fraction of sp³-hybridized carbons (Fsp3) is 0.500. The molecule has 3 aliphatic rings. The maximum Gasteiger partial charge on any atom is 0.411 e. The van der Waals surface area contributed by atoms with Crippen LogP contribution in [0.25, 0.3) is 0 Å². The number of pyridine rings is 1. The molecule has 0 spiro atoms. The van der Waals surface area contributed by atoms with Crippen molar-refractivity contribution in [2.45, 2.75) is 63.9 Å². The van der Waals surface area contributed by atoms with Crippen molar-refractivity contribution in [3.05, 3.63) is 81.1 Å². The van der Waals surface area contributed by atoms with Crippen molar-refractivity contribution in [3.63, 3.8) is 0 Å². The number of carbonyl (C=O) groups is 2. The van der Waals surface area contributed by atoms with E-state index >= 15 is 0 Å². The van der Waals surface area contributed by atoms with Gasteiger partial charge in [0.2, 0.25) is 5.91 Å². The van der Waals surface area contributed by atoms with Crippen LogP contribution in [0.15, 0.2) is 53.7 Å². The molecule has 3 aromatic rings. The zero-order chi connectivity index (χ0) is 31.0. The standard InChI is InChI=1S/C32H38BrClN6O4/c1-32(2,3)44-31(42)40-11-10-38(19-27(40)30(41)39-12-13-43-25(18-39)17-37-9-8-35-20-37)29-26-7-6-24(34)15-21(26)4-5-22-14-23(33)16-36-28(22)29/h6-9,14-16,20,25,27,29H,4-5,10-13,17-19H2,1-3H3/t25-,27-,29?/m1/s1. The Kier molecular flexibility index (Phi) is 9.01. The zero-order valence-electron chi connectivity index (χ0n) is 25.3. The van der Waals surface area contributed by atoms with Crippen LogP contribution in [-0.4, -0.2) is 98.3 Å². The van der Waals surface area contributed by atoms with Gasteiger partial charge in [0.05, 0.1) is 37.3 Å². The molecule has 2 aliphatic heterocycles. The van der Waals surface area contributed by atoms with E-state index in [-0.39, 0.29) is 18.1 Å². The minimum Gasteiger partial charge on any atom is -0.444 e. The molecular weight excluding hydrogens is 648 g/mol. The molecule has 10 nitrogen and oxygen atoms in total. The highest BCUT2D eigenvalue weighted by Crippen LogP contribution is 2.39. The van der Waals surface area contributed by atoms with Gasteiger partial charge >= 0.3 is 6.09 Å². The molecule has 1 aliphatic carbocycles. The van der Waals surface area contributed by atoms with Gasteiger partial charge in [0.25, 0.3) is 0 Å². The predicted octanol–water partition coefficient (Wildman–Crippen LogP) is 4.73. The molecule has 44 heavy (non-hydrogen) atoms. The Morgan fingerprint density at radius 1 is 1.11 bits per heavy atom. The van der Waals surface area contributed by atoms with Gasteiger partial charge < -0.3 is 18.9 Å². The molecule has 2 saturated heterocycles. The highest BCUT2D eigenvalue weighted by atomic mass is 79.9. The number of fused-ring (bicyclic) bond motifs is 2. The number of piperazine rings is 1. The molecule has 1 unspecified atom stereocenters. The van der Waals surface area contributed by atoms with Gasteiger partial charge in [-0.3, -0.25) is 19.6 Å². The van der Waals surface area contributed by atoms with Gasteiger partial charge in [0, 0.05) is 60.8 Å². The molecule has 2 aromatic heterocycles.